The van der Waals surface area contributed by atoms with E-state index in [0.29, 0.717) is 6.42 Å². The van der Waals surface area contributed by atoms with Crippen LogP contribution in [-0.4, -0.2) is 55.0 Å². The number of aliphatic carboxylic acids is 1. The standard InChI is InChI=1S/C26H32N2O6/c1-5-15(2)22(25(30)31)27-24(29)23(16(3)33-4)28-26(32)34-14-21-19-12-8-6-10-17(19)18-11-7-9-13-20(18)21/h6-13,15-16,21-23H,5,14H2,1-4H3,(H,27,29)(H,28,32)(H,30,31). The van der Waals surface area contributed by atoms with E-state index in [4.69, 9.17) is 9.47 Å². The fourth-order valence-electron chi connectivity index (χ4n) is 4.23. The fraction of sp³-hybridized carbons (Fsp3) is 0.423. The van der Waals surface area contributed by atoms with Crippen molar-refractivity contribution in [2.45, 2.75) is 51.3 Å². The summed E-state index contributed by atoms with van der Waals surface area (Å²) >= 11 is 0. The Balaban J connectivity index is 1.69. The molecule has 0 saturated carbocycles. The lowest BCUT2D eigenvalue weighted by molar-refractivity contribution is -0.144. The molecular formula is C26H32N2O6. The molecule has 2 aromatic carbocycles. The Kier molecular flexibility index (Phi) is 8.28. The summed E-state index contributed by atoms with van der Waals surface area (Å²) in [5, 5.41) is 14.6. The number of carboxylic acid groups (broad SMARTS) is 1. The third kappa shape index (κ3) is 5.39. The quantitative estimate of drug-likeness (QED) is 0.491. The number of hydrogen-bond acceptors (Lipinski definition) is 5. The van der Waals surface area contributed by atoms with Gasteiger partial charge >= 0.3 is 12.1 Å². The van der Waals surface area contributed by atoms with Gasteiger partial charge in [-0.2, -0.15) is 0 Å². The van der Waals surface area contributed by atoms with Gasteiger partial charge < -0.3 is 25.2 Å². The second-order valence-electron chi connectivity index (χ2n) is 8.60. The highest BCUT2D eigenvalue weighted by molar-refractivity contribution is 5.90. The zero-order valence-electron chi connectivity index (χ0n) is 19.9. The van der Waals surface area contributed by atoms with E-state index in [-0.39, 0.29) is 18.4 Å². The molecule has 0 aliphatic heterocycles. The largest absolute Gasteiger partial charge is 0.480 e. The molecule has 0 fully saturated rings. The van der Waals surface area contributed by atoms with Crippen molar-refractivity contribution < 1.29 is 29.0 Å². The molecule has 0 spiro atoms. The lowest BCUT2D eigenvalue weighted by atomic mass is 9.98. The van der Waals surface area contributed by atoms with Crippen LogP contribution in [0.4, 0.5) is 4.79 Å². The van der Waals surface area contributed by atoms with Gasteiger partial charge in [0.1, 0.15) is 18.7 Å². The molecule has 0 radical (unpaired) electrons. The summed E-state index contributed by atoms with van der Waals surface area (Å²) in [5.74, 6) is -2.18. The Hall–Kier alpha value is -3.39. The molecule has 4 atom stereocenters. The zero-order chi connectivity index (χ0) is 24.8. The van der Waals surface area contributed by atoms with Crippen LogP contribution in [0.25, 0.3) is 11.1 Å². The lowest BCUT2D eigenvalue weighted by Gasteiger charge is -2.27. The predicted molar refractivity (Wildman–Crippen MR) is 127 cm³/mol. The number of carbonyl (C=O) groups excluding carboxylic acids is 2. The van der Waals surface area contributed by atoms with Gasteiger partial charge in [0.05, 0.1) is 6.10 Å². The molecule has 2 aromatic rings. The molecular weight excluding hydrogens is 436 g/mol. The van der Waals surface area contributed by atoms with Crippen LogP contribution in [0.2, 0.25) is 0 Å². The molecule has 4 unspecified atom stereocenters. The van der Waals surface area contributed by atoms with E-state index in [0.717, 1.165) is 22.3 Å². The van der Waals surface area contributed by atoms with Crippen LogP contribution in [-0.2, 0) is 19.1 Å². The number of methoxy groups -OCH3 is 1. The van der Waals surface area contributed by atoms with Gasteiger partial charge in [0.25, 0.3) is 0 Å². The molecule has 34 heavy (non-hydrogen) atoms. The van der Waals surface area contributed by atoms with Crippen LogP contribution >= 0.6 is 0 Å². The maximum Gasteiger partial charge on any atom is 0.407 e. The van der Waals surface area contributed by atoms with Gasteiger partial charge in [0, 0.05) is 13.0 Å². The minimum atomic E-state index is -1.13. The van der Waals surface area contributed by atoms with Crippen LogP contribution in [0.15, 0.2) is 48.5 Å². The van der Waals surface area contributed by atoms with E-state index in [9.17, 15) is 19.5 Å². The summed E-state index contributed by atoms with van der Waals surface area (Å²) < 4.78 is 10.8. The molecule has 2 amide bonds. The molecule has 3 N–H and O–H groups in total. The van der Waals surface area contributed by atoms with Gasteiger partial charge in [-0.3, -0.25) is 4.79 Å². The topological polar surface area (TPSA) is 114 Å². The number of alkyl carbamates (subject to hydrolysis) is 1. The van der Waals surface area contributed by atoms with Crippen molar-refractivity contribution in [3.8, 4) is 11.1 Å². The Morgan fingerprint density at radius 3 is 2.00 bits per heavy atom. The van der Waals surface area contributed by atoms with E-state index in [1.807, 2.05) is 55.5 Å². The Morgan fingerprint density at radius 1 is 0.941 bits per heavy atom. The predicted octanol–water partition coefficient (Wildman–Crippen LogP) is 3.54. The van der Waals surface area contributed by atoms with Gasteiger partial charge in [-0.15, -0.1) is 0 Å². The zero-order valence-corrected chi connectivity index (χ0v) is 19.9. The maximum atomic E-state index is 12.9. The van der Waals surface area contributed by atoms with Crippen molar-refractivity contribution in [1.29, 1.82) is 0 Å². The highest BCUT2D eigenvalue weighted by Crippen LogP contribution is 2.44. The van der Waals surface area contributed by atoms with Crippen molar-refractivity contribution in [2.24, 2.45) is 5.92 Å². The van der Waals surface area contributed by atoms with E-state index in [2.05, 4.69) is 10.6 Å². The first kappa shape index (κ1) is 25.2. The highest BCUT2D eigenvalue weighted by Gasteiger charge is 2.34. The Morgan fingerprint density at radius 2 is 1.50 bits per heavy atom. The molecule has 0 bridgehead atoms. The second-order valence-corrected chi connectivity index (χ2v) is 8.60. The number of carbonyl (C=O) groups is 3. The van der Waals surface area contributed by atoms with Crippen LogP contribution in [0.3, 0.4) is 0 Å². The molecule has 8 nitrogen and oxygen atoms in total. The summed E-state index contributed by atoms with van der Waals surface area (Å²) in [7, 11) is 1.41. The van der Waals surface area contributed by atoms with Crippen LogP contribution in [0.1, 0.15) is 44.2 Å². The molecule has 8 heteroatoms. The van der Waals surface area contributed by atoms with E-state index in [1.54, 1.807) is 13.8 Å². The number of amides is 2. The summed E-state index contributed by atoms with van der Waals surface area (Å²) in [4.78, 5) is 37.2. The molecule has 0 saturated heterocycles. The smallest absolute Gasteiger partial charge is 0.407 e. The van der Waals surface area contributed by atoms with Crippen LogP contribution in [0.5, 0.6) is 0 Å². The maximum absolute atomic E-state index is 12.9. The van der Waals surface area contributed by atoms with Crippen molar-refractivity contribution in [3.05, 3.63) is 59.7 Å². The monoisotopic (exact) mass is 468 g/mol. The van der Waals surface area contributed by atoms with Crippen molar-refractivity contribution in [3.63, 3.8) is 0 Å². The van der Waals surface area contributed by atoms with E-state index < -0.39 is 36.2 Å². The van der Waals surface area contributed by atoms with Gasteiger partial charge in [-0.1, -0.05) is 68.8 Å². The highest BCUT2D eigenvalue weighted by atomic mass is 16.5. The summed E-state index contributed by atoms with van der Waals surface area (Å²) in [6.07, 6.45) is -0.908. The number of benzene rings is 2. The third-order valence-corrected chi connectivity index (χ3v) is 6.52. The number of rotatable bonds is 10. The number of nitrogens with one attached hydrogen (secondary N) is 2. The molecule has 3 rings (SSSR count). The average Bonchev–Trinajstić information content (AvgIpc) is 3.17. The van der Waals surface area contributed by atoms with Gasteiger partial charge in [0.2, 0.25) is 5.91 Å². The van der Waals surface area contributed by atoms with Gasteiger partial charge in [0.15, 0.2) is 0 Å². The number of carboxylic acids is 1. The third-order valence-electron chi connectivity index (χ3n) is 6.52. The number of hydrogen-bond donors (Lipinski definition) is 3. The van der Waals surface area contributed by atoms with Crippen molar-refractivity contribution >= 4 is 18.0 Å². The normalized spacial score (nSPS) is 15.9. The molecule has 0 aromatic heterocycles. The number of ether oxygens (including phenoxy) is 2. The van der Waals surface area contributed by atoms with Gasteiger partial charge in [-0.25, -0.2) is 9.59 Å². The summed E-state index contributed by atoms with van der Waals surface area (Å²) in [6.45, 7) is 5.30. The Bertz CT molecular complexity index is 994. The first-order valence-electron chi connectivity index (χ1n) is 11.5. The SMILES string of the molecule is CCC(C)C(NC(=O)C(NC(=O)OCC1c2ccccc2-c2ccccc21)C(C)OC)C(=O)O. The molecule has 182 valence electrons. The van der Waals surface area contributed by atoms with E-state index >= 15 is 0 Å². The van der Waals surface area contributed by atoms with Gasteiger partial charge in [-0.05, 0) is 35.1 Å². The Labute approximate surface area is 199 Å². The van der Waals surface area contributed by atoms with Crippen LogP contribution in [0, 0.1) is 5.92 Å². The number of fused-ring (bicyclic) bond motifs is 3. The molecule has 1 aliphatic carbocycles. The first-order valence-corrected chi connectivity index (χ1v) is 11.5. The molecule has 0 heterocycles. The van der Waals surface area contributed by atoms with E-state index in [1.165, 1.54) is 7.11 Å². The summed E-state index contributed by atoms with van der Waals surface area (Å²) in [5.41, 5.74) is 4.38. The fourth-order valence-corrected chi connectivity index (χ4v) is 4.23. The lowest BCUT2D eigenvalue weighted by Crippen LogP contribution is -2.57. The molecule has 1 aliphatic rings. The minimum Gasteiger partial charge on any atom is -0.480 e. The first-order chi connectivity index (χ1) is 16.3. The summed E-state index contributed by atoms with van der Waals surface area (Å²) in [6, 6.07) is 13.8. The van der Waals surface area contributed by atoms with Crippen molar-refractivity contribution in [1.82, 2.24) is 10.6 Å². The van der Waals surface area contributed by atoms with Crippen LogP contribution < -0.4 is 10.6 Å². The average molecular weight is 469 g/mol. The second kappa shape index (κ2) is 11.2. The minimum absolute atomic E-state index is 0.0974. The van der Waals surface area contributed by atoms with Crippen molar-refractivity contribution in [2.75, 3.05) is 13.7 Å².